The Balaban J connectivity index is 0.793. The van der Waals surface area contributed by atoms with Crippen LogP contribution in [0.15, 0.2) is 42.5 Å². The Kier molecular flexibility index (Phi) is 8.69. The standard InChI is InChI=1S/C43H39ClFN7O6/c1-42(2)40(43(3,4)41(42)58-25-9-11-31(46-5)29(44)14-25)51-21-32-26(37(51)55)10-8-23(47-32)7-6-22-17-49(18-22)24-19-50(20-24)34-16-28-27(15-30(34)45)38(56)52(39(28)57)33-12-13-35(53)48-36(33)54/h8-11,14-16,22,24,33,40-41H,12-13,17-21H2,1-4H3,(H,48,53,54). The van der Waals surface area contributed by atoms with Gasteiger partial charge >= 0.3 is 0 Å². The summed E-state index contributed by atoms with van der Waals surface area (Å²) in [6.07, 6.45) is -0.181. The molecule has 1 unspecified atom stereocenters. The molecule has 5 amide bonds. The van der Waals surface area contributed by atoms with Crippen LogP contribution in [-0.2, 0) is 16.1 Å². The lowest BCUT2D eigenvalue weighted by Gasteiger charge is -2.65. The van der Waals surface area contributed by atoms with Crippen LogP contribution in [0.5, 0.6) is 5.75 Å². The zero-order valence-corrected chi connectivity index (χ0v) is 33.0. The monoisotopic (exact) mass is 803 g/mol. The maximum atomic E-state index is 15.3. The molecule has 0 radical (unpaired) electrons. The molecule has 4 fully saturated rings. The number of aromatic nitrogens is 1. The van der Waals surface area contributed by atoms with E-state index in [1.807, 2.05) is 15.9 Å². The van der Waals surface area contributed by atoms with Crippen LogP contribution in [-0.4, -0.2) is 99.6 Å². The fraction of sp³-hybridized carbons (Fsp3) is 0.419. The Labute approximate surface area is 339 Å². The molecule has 296 valence electrons. The quantitative estimate of drug-likeness (QED) is 0.211. The minimum atomic E-state index is -1.11. The molecule has 6 heterocycles. The molecule has 0 bridgehead atoms. The summed E-state index contributed by atoms with van der Waals surface area (Å²) in [5.41, 5.74) is 1.66. The van der Waals surface area contributed by atoms with Gasteiger partial charge in [0.2, 0.25) is 17.5 Å². The summed E-state index contributed by atoms with van der Waals surface area (Å²) in [6, 6.07) is 10.1. The number of fused-ring (bicyclic) bond motifs is 2. The first kappa shape index (κ1) is 37.7. The van der Waals surface area contributed by atoms with Crippen LogP contribution in [0.1, 0.15) is 83.0 Å². The van der Waals surface area contributed by atoms with Crippen LogP contribution < -0.4 is 15.0 Å². The average Bonchev–Trinajstić information content (AvgIpc) is 3.57. The summed E-state index contributed by atoms with van der Waals surface area (Å²) in [5.74, 6) is 3.99. The second-order valence-corrected chi connectivity index (χ2v) is 17.6. The molecular formula is C43H39ClFN7O6. The number of nitrogens with zero attached hydrogens (tertiary/aromatic N) is 6. The van der Waals surface area contributed by atoms with Gasteiger partial charge in [0, 0.05) is 61.4 Å². The number of piperidine rings is 1. The number of imide groups is 2. The van der Waals surface area contributed by atoms with Crippen LogP contribution >= 0.6 is 11.6 Å². The van der Waals surface area contributed by atoms with Crippen molar-refractivity contribution in [1.82, 2.24) is 25.0 Å². The second-order valence-electron chi connectivity index (χ2n) is 17.2. The van der Waals surface area contributed by atoms with Crippen molar-refractivity contribution in [2.24, 2.45) is 16.7 Å². The van der Waals surface area contributed by atoms with Crippen molar-refractivity contribution in [2.45, 2.75) is 71.3 Å². The summed E-state index contributed by atoms with van der Waals surface area (Å²) >= 11 is 6.28. The molecule has 3 aromatic rings. The first-order valence-corrected chi connectivity index (χ1v) is 19.6. The van der Waals surface area contributed by atoms with Crippen molar-refractivity contribution in [3.63, 3.8) is 0 Å². The Morgan fingerprint density at radius 3 is 2.31 bits per heavy atom. The summed E-state index contributed by atoms with van der Waals surface area (Å²) in [4.78, 5) is 79.1. The third-order valence-electron chi connectivity index (χ3n) is 12.7. The van der Waals surface area contributed by atoms with Gasteiger partial charge in [0.15, 0.2) is 0 Å². The maximum Gasteiger partial charge on any atom is 0.262 e. The second kappa shape index (κ2) is 13.4. The van der Waals surface area contributed by atoms with E-state index in [0.717, 1.165) is 24.1 Å². The van der Waals surface area contributed by atoms with Gasteiger partial charge in [-0.25, -0.2) is 14.2 Å². The van der Waals surface area contributed by atoms with Crippen molar-refractivity contribution < 1.29 is 33.1 Å². The summed E-state index contributed by atoms with van der Waals surface area (Å²) in [5, 5.41) is 2.50. The number of hydrogen-bond acceptors (Lipinski definition) is 9. The Hall–Kier alpha value is -5.83. The van der Waals surface area contributed by atoms with E-state index >= 15 is 4.39 Å². The van der Waals surface area contributed by atoms with E-state index in [0.29, 0.717) is 53.0 Å². The number of halogens is 2. The van der Waals surface area contributed by atoms with Crippen LogP contribution in [0.3, 0.4) is 0 Å². The van der Waals surface area contributed by atoms with Crippen LogP contribution in [0.25, 0.3) is 4.85 Å². The number of carbonyl (C=O) groups is 5. The molecule has 0 spiro atoms. The first-order chi connectivity index (χ1) is 27.6. The van der Waals surface area contributed by atoms with Crippen LogP contribution in [0.2, 0.25) is 5.02 Å². The smallest absolute Gasteiger partial charge is 0.262 e. The number of anilines is 1. The van der Waals surface area contributed by atoms with E-state index in [2.05, 4.69) is 54.6 Å². The summed E-state index contributed by atoms with van der Waals surface area (Å²) in [6.45, 7) is 18.6. The molecule has 2 aromatic carbocycles. The van der Waals surface area contributed by atoms with Gasteiger partial charge in [-0.1, -0.05) is 51.3 Å². The molecular weight excluding hydrogens is 765 g/mol. The van der Waals surface area contributed by atoms with Crippen molar-refractivity contribution in [1.29, 1.82) is 0 Å². The van der Waals surface area contributed by atoms with Crippen molar-refractivity contribution in [3.05, 3.63) is 92.8 Å². The molecule has 15 heteroatoms. The predicted octanol–water partition coefficient (Wildman–Crippen LogP) is 4.84. The number of amides is 5. The fourth-order valence-corrected chi connectivity index (χ4v) is 10.4. The Bertz CT molecular complexity index is 2460. The molecule has 9 rings (SSSR count). The average molecular weight is 804 g/mol. The number of rotatable bonds is 6. The summed E-state index contributed by atoms with van der Waals surface area (Å²) < 4.78 is 21.8. The van der Waals surface area contributed by atoms with E-state index < -0.39 is 46.3 Å². The van der Waals surface area contributed by atoms with Gasteiger partial charge in [0.25, 0.3) is 17.7 Å². The number of nitrogens with one attached hydrogen (secondary N) is 1. The van der Waals surface area contributed by atoms with Crippen molar-refractivity contribution in [2.75, 3.05) is 31.1 Å². The lowest BCUT2D eigenvalue weighted by Crippen LogP contribution is -2.74. The van der Waals surface area contributed by atoms with E-state index in [-0.39, 0.29) is 59.7 Å². The van der Waals surface area contributed by atoms with Gasteiger partial charge in [0.05, 0.1) is 46.2 Å². The fourth-order valence-electron chi connectivity index (χ4n) is 10.2. The van der Waals surface area contributed by atoms with Gasteiger partial charge in [0.1, 0.15) is 29.4 Å². The topological polar surface area (TPSA) is 137 Å². The number of carbonyl (C=O) groups excluding carboxylic acids is 5. The largest absolute Gasteiger partial charge is 0.489 e. The van der Waals surface area contributed by atoms with Gasteiger partial charge < -0.3 is 14.5 Å². The molecule has 1 aromatic heterocycles. The third kappa shape index (κ3) is 5.84. The van der Waals surface area contributed by atoms with Gasteiger partial charge in [-0.05, 0) is 48.7 Å². The Morgan fingerprint density at radius 2 is 1.64 bits per heavy atom. The highest BCUT2D eigenvalue weighted by Gasteiger charge is 2.67. The van der Waals surface area contributed by atoms with Crippen molar-refractivity contribution >= 4 is 52.5 Å². The van der Waals surface area contributed by atoms with E-state index in [9.17, 15) is 24.0 Å². The molecule has 1 N–H and O–H groups in total. The highest BCUT2D eigenvalue weighted by molar-refractivity contribution is 6.33. The van der Waals surface area contributed by atoms with Crippen LogP contribution in [0, 0.1) is 41.0 Å². The SMILES string of the molecule is [C-]#[N+]c1ccc(OC2C(C)(C)C(N3Cc4nc(C#CC5CN(C6CN(c7cc8c(cc7F)C(=O)N(C7CCC(=O)NC7=O)C8=O)C6)C5)ccc4C3=O)C2(C)C)cc1Cl. The third-order valence-corrected chi connectivity index (χ3v) is 13.0. The molecule has 3 saturated heterocycles. The molecule has 6 aliphatic rings. The van der Waals surface area contributed by atoms with Crippen LogP contribution in [0.4, 0.5) is 15.8 Å². The molecule has 1 aliphatic carbocycles. The first-order valence-electron chi connectivity index (χ1n) is 19.3. The molecule has 1 atom stereocenters. The van der Waals surface area contributed by atoms with Gasteiger partial charge in [-0.2, -0.15) is 0 Å². The van der Waals surface area contributed by atoms with E-state index in [1.54, 1.807) is 24.3 Å². The molecule has 58 heavy (non-hydrogen) atoms. The lowest BCUT2D eigenvalue weighted by atomic mass is 9.49. The molecule has 1 saturated carbocycles. The van der Waals surface area contributed by atoms with E-state index in [1.165, 1.54) is 6.07 Å². The summed E-state index contributed by atoms with van der Waals surface area (Å²) in [7, 11) is 0. The minimum absolute atomic E-state index is 0.00512. The normalized spacial score (nSPS) is 24.9. The van der Waals surface area contributed by atoms with E-state index in [4.69, 9.17) is 27.9 Å². The highest BCUT2D eigenvalue weighted by Crippen LogP contribution is 2.59. The highest BCUT2D eigenvalue weighted by atomic mass is 35.5. The maximum absolute atomic E-state index is 15.3. The molecule has 5 aliphatic heterocycles. The molecule has 13 nitrogen and oxygen atoms in total. The number of hydrogen-bond donors (Lipinski definition) is 1. The predicted molar refractivity (Wildman–Crippen MR) is 209 cm³/mol. The number of ether oxygens (including phenoxy) is 1. The van der Waals surface area contributed by atoms with Crippen molar-refractivity contribution in [3.8, 4) is 17.6 Å². The number of likely N-dealkylation sites (tertiary alicyclic amines) is 1. The van der Waals surface area contributed by atoms with Gasteiger partial charge in [-0.15, -0.1) is 0 Å². The lowest BCUT2D eigenvalue weighted by molar-refractivity contribution is -0.199. The van der Waals surface area contributed by atoms with Gasteiger partial charge in [-0.3, -0.25) is 39.1 Å². The minimum Gasteiger partial charge on any atom is -0.489 e. The zero-order chi connectivity index (χ0) is 41.0. The Morgan fingerprint density at radius 1 is 0.931 bits per heavy atom. The zero-order valence-electron chi connectivity index (χ0n) is 32.3. The number of pyridine rings is 1. The number of benzene rings is 2.